The third kappa shape index (κ3) is 4.23. The third-order valence-corrected chi connectivity index (χ3v) is 6.13. The number of hydrogen-bond donors (Lipinski definition) is 2. The van der Waals surface area contributed by atoms with Crippen molar-refractivity contribution in [3.8, 4) is 17.3 Å². The Labute approximate surface area is 201 Å². The van der Waals surface area contributed by atoms with Gasteiger partial charge < -0.3 is 16.0 Å². The number of carbonyl (C=O) groups excluding carboxylic acids is 1. The van der Waals surface area contributed by atoms with Crippen molar-refractivity contribution in [3.63, 3.8) is 0 Å². The molecule has 5 heterocycles. The van der Waals surface area contributed by atoms with Crippen molar-refractivity contribution in [1.29, 1.82) is 5.26 Å². The van der Waals surface area contributed by atoms with Crippen LogP contribution in [0.1, 0.15) is 36.2 Å². The molecule has 4 aromatic rings. The van der Waals surface area contributed by atoms with Gasteiger partial charge in [0.15, 0.2) is 5.65 Å². The normalized spacial score (nSPS) is 17.6. The minimum absolute atomic E-state index is 0.0222. The van der Waals surface area contributed by atoms with E-state index in [0.717, 1.165) is 18.5 Å². The Morgan fingerprint density at radius 2 is 2.00 bits per heavy atom. The van der Waals surface area contributed by atoms with Gasteiger partial charge in [-0.2, -0.15) is 15.5 Å². The van der Waals surface area contributed by atoms with Crippen molar-refractivity contribution < 1.29 is 4.79 Å². The number of nitriles is 1. The van der Waals surface area contributed by atoms with Crippen LogP contribution in [-0.4, -0.2) is 59.4 Å². The summed E-state index contributed by atoms with van der Waals surface area (Å²) in [7, 11) is 0. The first kappa shape index (κ1) is 22.3. The summed E-state index contributed by atoms with van der Waals surface area (Å²) in [5.74, 6) is 0.188. The molecule has 4 aromatic heterocycles. The zero-order chi connectivity index (χ0) is 24.5. The standard InChI is InChI=1S/C23H25N11O/c1-3-4-33-11-16(8-28-33)19-13-34-22(31-19)20(17(9-29-34)21(25)35)30-18-12-32(10-14(18)2)23-26-6-15(5-24)7-27-23/h6-9,11,13-14,18,30H,3-4,10,12H2,1-2H3,(H2,25,35)/t14-,18+/m0/s1. The molecule has 0 bridgehead atoms. The largest absolute Gasteiger partial charge is 0.376 e. The maximum absolute atomic E-state index is 12.3. The number of fused-ring (bicyclic) bond motifs is 1. The van der Waals surface area contributed by atoms with Gasteiger partial charge in [-0.25, -0.2) is 19.5 Å². The number of aryl methyl sites for hydroxylation is 1. The number of carbonyl (C=O) groups is 1. The number of aromatic nitrogens is 7. The molecule has 0 saturated carbocycles. The Kier molecular flexibility index (Phi) is 5.74. The van der Waals surface area contributed by atoms with Gasteiger partial charge in [0.05, 0.1) is 53.5 Å². The van der Waals surface area contributed by atoms with Gasteiger partial charge in [-0.1, -0.05) is 13.8 Å². The number of nitrogens with one attached hydrogen (secondary N) is 1. The molecular formula is C23H25N11O. The van der Waals surface area contributed by atoms with Crippen LogP contribution in [0, 0.1) is 17.2 Å². The summed E-state index contributed by atoms with van der Waals surface area (Å²) in [5, 5.41) is 21.2. The minimum atomic E-state index is -0.583. The quantitative estimate of drug-likeness (QED) is 0.409. The molecule has 0 unspecified atom stereocenters. The lowest BCUT2D eigenvalue weighted by Crippen LogP contribution is -2.30. The van der Waals surface area contributed by atoms with E-state index in [1.807, 2.05) is 28.0 Å². The molecule has 35 heavy (non-hydrogen) atoms. The number of hydrogen-bond acceptors (Lipinski definition) is 9. The second-order valence-corrected chi connectivity index (χ2v) is 8.70. The lowest BCUT2D eigenvalue weighted by atomic mass is 10.1. The molecule has 1 saturated heterocycles. The van der Waals surface area contributed by atoms with Crippen LogP contribution in [0.15, 0.2) is 37.2 Å². The van der Waals surface area contributed by atoms with Gasteiger partial charge >= 0.3 is 0 Å². The predicted octanol–water partition coefficient (Wildman–Crippen LogP) is 1.70. The zero-order valence-corrected chi connectivity index (χ0v) is 19.5. The highest BCUT2D eigenvalue weighted by atomic mass is 16.1. The number of rotatable bonds is 7. The summed E-state index contributed by atoms with van der Waals surface area (Å²) in [6.45, 7) is 6.36. The van der Waals surface area contributed by atoms with E-state index >= 15 is 0 Å². The summed E-state index contributed by atoms with van der Waals surface area (Å²) in [6, 6.07) is 2.01. The van der Waals surface area contributed by atoms with Gasteiger partial charge in [0.1, 0.15) is 6.07 Å². The van der Waals surface area contributed by atoms with E-state index in [-0.39, 0.29) is 17.5 Å². The van der Waals surface area contributed by atoms with E-state index in [1.54, 1.807) is 10.7 Å². The van der Waals surface area contributed by atoms with Crippen molar-refractivity contribution in [2.24, 2.45) is 11.7 Å². The zero-order valence-electron chi connectivity index (χ0n) is 19.5. The molecule has 1 fully saturated rings. The monoisotopic (exact) mass is 471 g/mol. The van der Waals surface area contributed by atoms with Gasteiger partial charge in [0, 0.05) is 37.4 Å². The number of imidazole rings is 1. The van der Waals surface area contributed by atoms with Gasteiger partial charge in [0.25, 0.3) is 5.91 Å². The van der Waals surface area contributed by atoms with Crippen LogP contribution in [0.5, 0.6) is 0 Å². The maximum Gasteiger partial charge on any atom is 0.252 e. The second kappa shape index (κ2) is 9.02. The minimum Gasteiger partial charge on any atom is -0.376 e. The Hall–Kier alpha value is -4.53. The van der Waals surface area contributed by atoms with Crippen molar-refractivity contribution in [2.75, 3.05) is 23.3 Å². The summed E-state index contributed by atoms with van der Waals surface area (Å²) in [6.07, 6.45) is 11.0. The van der Waals surface area contributed by atoms with Crippen LogP contribution < -0.4 is 16.0 Å². The number of primary amides is 1. The molecule has 5 rings (SSSR count). The molecule has 3 N–H and O–H groups in total. The molecule has 1 amide bonds. The van der Waals surface area contributed by atoms with E-state index in [4.69, 9.17) is 16.0 Å². The fraction of sp³-hybridized carbons (Fsp3) is 0.348. The molecule has 12 nitrogen and oxygen atoms in total. The fourth-order valence-electron chi connectivity index (χ4n) is 4.30. The number of nitrogens with zero attached hydrogens (tertiary/aromatic N) is 9. The highest BCUT2D eigenvalue weighted by Crippen LogP contribution is 2.29. The van der Waals surface area contributed by atoms with E-state index in [1.165, 1.54) is 18.6 Å². The Balaban J connectivity index is 1.46. The van der Waals surface area contributed by atoms with Crippen molar-refractivity contribution in [3.05, 3.63) is 48.3 Å². The number of anilines is 2. The Morgan fingerprint density at radius 3 is 2.71 bits per heavy atom. The molecule has 0 aromatic carbocycles. The number of amides is 1. The SMILES string of the molecule is CCCn1cc(-c2cn3ncc(C(N)=O)c(N[C@@H]4CN(c5ncc(C#N)cn5)C[C@@H]4C)c3n2)cn1. The fourth-order valence-corrected chi connectivity index (χ4v) is 4.30. The van der Waals surface area contributed by atoms with Crippen LogP contribution in [0.4, 0.5) is 11.6 Å². The highest BCUT2D eigenvalue weighted by molar-refractivity contribution is 6.01. The smallest absolute Gasteiger partial charge is 0.252 e. The average Bonchev–Trinajstić information content (AvgIpc) is 3.58. The van der Waals surface area contributed by atoms with Crippen LogP contribution in [0.25, 0.3) is 16.9 Å². The first-order valence-corrected chi connectivity index (χ1v) is 11.4. The van der Waals surface area contributed by atoms with E-state index in [2.05, 4.69) is 39.3 Å². The Morgan fingerprint density at radius 1 is 1.20 bits per heavy atom. The summed E-state index contributed by atoms with van der Waals surface area (Å²) in [4.78, 5) is 27.7. The van der Waals surface area contributed by atoms with Crippen LogP contribution >= 0.6 is 0 Å². The molecule has 1 aliphatic rings. The van der Waals surface area contributed by atoms with Gasteiger partial charge in [-0.05, 0) is 12.3 Å². The summed E-state index contributed by atoms with van der Waals surface area (Å²) in [5.41, 5.74) is 9.01. The van der Waals surface area contributed by atoms with Gasteiger partial charge in [-0.3, -0.25) is 9.48 Å². The molecule has 0 spiro atoms. The van der Waals surface area contributed by atoms with E-state index in [0.29, 0.717) is 41.6 Å². The van der Waals surface area contributed by atoms with Crippen LogP contribution in [-0.2, 0) is 6.54 Å². The van der Waals surface area contributed by atoms with Crippen molar-refractivity contribution in [2.45, 2.75) is 32.9 Å². The highest BCUT2D eigenvalue weighted by Gasteiger charge is 2.32. The molecule has 178 valence electrons. The molecule has 2 atom stereocenters. The van der Waals surface area contributed by atoms with E-state index < -0.39 is 5.91 Å². The van der Waals surface area contributed by atoms with Crippen molar-refractivity contribution in [1.82, 2.24) is 34.3 Å². The first-order valence-electron chi connectivity index (χ1n) is 11.4. The van der Waals surface area contributed by atoms with Gasteiger partial charge in [0.2, 0.25) is 5.95 Å². The van der Waals surface area contributed by atoms with Crippen molar-refractivity contribution >= 4 is 23.2 Å². The van der Waals surface area contributed by atoms with E-state index in [9.17, 15) is 4.79 Å². The lowest BCUT2D eigenvalue weighted by Gasteiger charge is -2.20. The van der Waals surface area contributed by atoms with Crippen LogP contribution in [0.2, 0.25) is 0 Å². The molecule has 12 heteroatoms. The predicted molar refractivity (Wildman–Crippen MR) is 129 cm³/mol. The molecule has 0 aliphatic carbocycles. The maximum atomic E-state index is 12.3. The third-order valence-electron chi connectivity index (χ3n) is 6.13. The molecule has 1 aliphatic heterocycles. The average molecular weight is 472 g/mol. The van der Waals surface area contributed by atoms with Crippen LogP contribution in [0.3, 0.4) is 0 Å². The number of nitrogens with two attached hydrogens (primary N) is 1. The molecule has 0 radical (unpaired) electrons. The summed E-state index contributed by atoms with van der Waals surface area (Å²) >= 11 is 0. The molecular weight excluding hydrogens is 446 g/mol. The van der Waals surface area contributed by atoms with Gasteiger partial charge in [-0.15, -0.1) is 0 Å². The summed E-state index contributed by atoms with van der Waals surface area (Å²) < 4.78 is 3.52. The first-order chi connectivity index (χ1) is 17.0. The second-order valence-electron chi connectivity index (χ2n) is 8.70. The topological polar surface area (TPSA) is 156 Å². The lowest BCUT2D eigenvalue weighted by molar-refractivity contribution is 0.100. The Bertz CT molecular complexity index is 1420.